The number of aromatic carboxylic acids is 1. The van der Waals surface area contributed by atoms with E-state index in [1.54, 1.807) is 0 Å². The second-order valence-electron chi connectivity index (χ2n) is 11.5. The lowest BCUT2D eigenvalue weighted by atomic mass is 9.89. The van der Waals surface area contributed by atoms with Gasteiger partial charge in [0.2, 0.25) is 0 Å². The fraction of sp³-hybridized carbons (Fsp3) is 0.371. The van der Waals surface area contributed by atoms with E-state index in [1.807, 2.05) is 24.3 Å². The smallest absolute Gasteiger partial charge is 0.352 e. The normalized spacial score (nSPS) is 15.8. The number of nitrogens with zero attached hydrogens (tertiary/aromatic N) is 3. The summed E-state index contributed by atoms with van der Waals surface area (Å²) in [6, 6.07) is 18.6. The molecule has 0 spiro atoms. The molecule has 0 bridgehead atoms. The lowest BCUT2D eigenvalue weighted by Crippen LogP contribution is -2.34. The monoisotopic (exact) mass is 564 g/mol. The highest BCUT2D eigenvalue weighted by molar-refractivity contribution is 6.28. The first kappa shape index (κ1) is 28.0. The summed E-state index contributed by atoms with van der Waals surface area (Å²) >= 11 is 0. The third-order valence-corrected chi connectivity index (χ3v) is 8.56. The number of benzene rings is 3. The molecule has 7 heteroatoms. The highest BCUT2D eigenvalue weighted by Gasteiger charge is 2.30. The molecule has 0 radical (unpaired) electrons. The third kappa shape index (κ3) is 5.18. The van der Waals surface area contributed by atoms with E-state index < -0.39 is 5.97 Å². The molecule has 2 aliphatic heterocycles. The summed E-state index contributed by atoms with van der Waals surface area (Å²) in [5.41, 5.74) is 8.06. The fourth-order valence-corrected chi connectivity index (χ4v) is 6.70. The SMILES string of the molecule is CCCC1=NCNC2=C1c1c(C)ccc3c(CCCOc4cccc5ccccc45)c(C(=O)O)n(c13)CCCN(C)C2. The molecule has 4 aromatic rings. The number of rotatable bonds is 8. The highest BCUT2D eigenvalue weighted by Crippen LogP contribution is 2.39. The molecule has 0 saturated carbocycles. The third-order valence-electron chi connectivity index (χ3n) is 8.56. The largest absolute Gasteiger partial charge is 0.493 e. The van der Waals surface area contributed by atoms with Crippen LogP contribution in [0.1, 0.15) is 59.8 Å². The van der Waals surface area contributed by atoms with Crippen LogP contribution in [-0.2, 0) is 13.0 Å². The minimum absolute atomic E-state index is 0.408. The van der Waals surface area contributed by atoms with Gasteiger partial charge in [-0.2, -0.15) is 0 Å². The molecule has 6 rings (SSSR count). The maximum absolute atomic E-state index is 12.9. The number of carbonyl (C=O) groups is 1. The van der Waals surface area contributed by atoms with Crippen molar-refractivity contribution in [2.75, 3.05) is 33.4 Å². The fourth-order valence-electron chi connectivity index (χ4n) is 6.70. The van der Waals surface area contributed by atoms with E-state index in [1.165, 1.54) is 5.70 Å². The molecule has 218 valence electrons. The molecule has 2 aliphatic rings. The number of allylic oxidation sites excluding steroid dienone is 1. The average molecular weight is 565 g/mol. The van der Waals surface area contributed by atoms with Gasteiger partial charge in [0.05, 0.1) is 12.1 Å². The Bertz CT molecular complexity index is 1710. The van der Waals surface area contributed by atoms with Gasteiger partial charge in [-0.05, 0) is 68.8 Å². The second kappa shape index (κ2) is 12.0. The van der Waals surface area contributed by atoms with Gasteiger partial charge in [0.15, 0.2) is 0 Å². The number of hydrogen-bond donors (Lipinski definition) is 2. The maximum Gasteiger partial charge on any atom is 0.352 e. The molecule has 3 heterocycles. The van der Waals surface area contributed by atoms with Gasteiger partial charge in [0.25, 0.3) is 0 Å². The van der Waals surface area contributed by atoms with Gasteiger partial charge in [-0.15, -0.1) is 0 Å². The van der Waals surface area contributed by atoms with Crippen LogP contribution >= 0.6 is 0 Å². The van der Waals surface area contributed by atoms with Gasteiger partial charge in [0.1, 0.15) is 18.1 Å². The Balaban J connectivity index is 1.43. The number of nitrogens with one attached hydrogen (secondary N) is 1. The van der Waals surface area contributed by atoms with E-state index in [-0.39, 0.29) is 0 Å². The first-order chi connectivity index (χ1) is 20.5. The maximum atomic E-state index is 12.9. The number of fused-ring (bicyclic) bond motifs is 2. The van der Waals surface area contributed by atoms with Crippen LogP contribution in [-0.4, -0.2) is 59.7 Å². The standard InChI is InChI=1S/C35H40N4O3/c1-4-10-28-32-29(37-22-36-28)21-38(3)18-9-19-39-33-27(17-16-23(2)31(32)33)26(34(39)35(40)41)14-8-20-42-30-15-7-12-24-11-5-6-13-25(24)30/h5-7,11-13,15-17,37H,4,8-10,14,18-22H2,1-3H3,(H,40,41). The molecular weight excluding hydrogens is 524 g/mol. The van der Waals surface area contributed by atoms with Crippen LogP contribution in [0.5, 0.6) is 5.75 Å². The molecular formula is C35H40N4O3. The lowest BCUT2D eigenvalue weighted by Gasteiger charge is -2.29. The van der Waals surface area contributed by atoms with Crippen LogP contribution in [0.15, 0.2) is 65.3 Å². The van der Waals surface area contributed by atoms with Crippen LogP contribution in [0, 0.1) is 6.92 Å². The quantitative estimate of drug-likeness (QED) is 0.234. The summed E-state index contributed by atoms with van der Waals surface area (Å²) in [7, 11) is 2.14. The summed E-state index contributed by atoms with van der Waals surface area (Å²) in [5, 5.41) is 17.5. The zero-order valence-corrected chi connectivity index (χ0v) is 24.9. The van der Waals surface area contributed by atoms with Crippen molar-refractivity contribution in [3.05, 3.63) is 82.7 Å². The summed E-state index contributed by atoms with van der Waals surface area (Å²) in [6.07, 6.45) is 4.11. The molecule has 42 heavy (non-hydrogen) atoms. The molecule has 0 saturated heterocycles. The number of aliphatic imine (C=N–C) groups is 1. The van der Waals surface area contributed by atoms with E-state index in [9.17, 15) is 9.90 Å². The first-order valence-electron chi connectivity index (χ1n) is 15.2. The predicted molar refractivity (Wildman–Crippen MR) is 171 cm³/mol. The number of carboxylic acid groups (broad SMARTS) is 1. The lowest BCUT2D eigenvalue weighted by molar-refractivity contribution is 0.0684. The number of ether oxygens (including phenoxy) is 1. The summed E-state index contributed by atoms with van der Waals surface area (Å²) in [4.78, 5) is 20.2. The van der Waals surface area contributed by atoms with Crippen LogP contribution in [0.4, 0.5) is 0 Å². The van der Waals surface area contributed by atoms with E-state index in [4.69, 9.17) is 9.73 Å². The Morgan fingerprint density at radius 3 is 2.71 bits per heavy atom. The number of aryl methyl sites for hydroxylation is 3. The Kier molecular flexibility index (Phi) is 8.02. The van der Waals surface area contributed by atoms with Crippen molar-refractivity contribution in [2.45, 2.75) is 52.5 Å². The molecule has 0 atom stereocenters. The van der Waals surface area contributed by atoms with Crippen molar-refractivity contribution < 1.29 is 14.6 Å². The van der Waals surface area contributed by atoms with Crippen LogP contribution < -0.4 is 10.1 Å². The molecule has 0 aliphatic carbocycles. The van der Waals surface area contributed by atoms with E-state index in [2.05, 4.69) is 66.0 Å². The summed E-state index contributed by atoms with van der Waals surface area (Å²) < 4.78 is 8.33. The number of likely N-dealkylation sites (N-methyl/N-ethyl adjacent to an activating group) is 1. The first-order valence-corrected chi connectivity index (χ1v) is 15.2. The summed E-state index contributed by atoms with van der Waals surface area (Å²) in [5.74, 6) is -0.00924. The van der Waals surface area contributed by atoms with E-state index in [0.717, 1.165) is 87.8 Å². The van der Waals surface area contributed by atoms with Gasteiger partial charge in [-0.25, -0.2) is 4.79 Å². The van der Waals surface area contributed by atoms with Gasteiger partial charge >= 0.3 is 5.97 Å². The zero-order chi connectivity index (χ0) is 29.2. The molecule has 0 unspecified atom stereocenters. The Morgan fingerprint density at radius 1 is 1.05 bits per heavy atom. The van der Waals surface area contributed by atoms with E-state index in [0.29, 0.717) is 38.4 Å². The van der Waals surface area contributed by atoms with Crippen molar-refractivity contribution >= 4 is 38.9 Å². The van der Waals surface area contributed by atoms with Crippen LogP contribution in [0.2, 0.25) is 0 Å². The topological polar surface area (TPSA) is 79.1 Å². The average Bonchev–Trinajstić information content (AvgIpc) is 3.29. The van der Waals surface area contributed by atoms with Crippen molar-refractivity contribution in [1.29, 1.82) is 0 Å². The minimum atomic E-state index is -0.872. The van der Waals surface area contributed by atoms with Crippen molar-refractivity contribution in [3.63, 3.8) is 0 Å². The number of hydrogen-bond acceptors (Lipinski definition) is 5. The van der Waals surface area contributed by atoms with Crippen LogP contribution in [0.25, 0.3) is 27.2 Å². The van der Waals surface area contributed by atoms with Gasteiger partial charge in [0, 0.05) is 46.4 Å². The Labute approximate surface area is 247 Å². The van der Waals surface area contributed by atoms with E-state index >= 15 is 0 Å². The Hall–Kier alpha value is -4.10. The van der Waals surface area contributed by atoms with Gasteiger partial charge in [-0.1, -0.05) is 61.9 Å². The van der Waals surface area contributed by atoms with Crippen LogP contribution in [0.3, 0.4) is 0 Å². The molecule has 7 nitrogen and oxygen atoms in total. The predicted octanol–water partition coefficient (Wildman–Crippen LogP) is 6.66. The Morgan fingerprint density at radius 2 is 1.88 bits per heavy atom. The number of aromatic nitrogens is 1. The molecule has 0 amide bonds. The van der Waals surface area contributed by atoms with Crippen molar-refractivity contribution in [3.8, 4) is 5.75 Å². The van der Waals surface area contributed by atoms with Crippen molar-refractivity contribution in [1.82, 2.24) is 14.8 Å². The molecule has 2 N–H and O–H groups in total. The molecule has 3 aromatic carbocycles. The highest BCUT2D eigenvalue weighted by atomic mass is 16.5. The molecule has 0 fully saturated rings. The van der Waals surface area contributed by atoms with Gasteiger partial charge < -0.3 is 24.6 Å². The second-order valence-corrected chi connectivity index (χ2v) is 11.5. The van der Waals surface area contributed by atoms with Crippen molar-refractivity contribution in [2.24, 2.45) is 4.99 Å². The van der Waals surface area contributed by atoms with Gasteiger partial charge in [-0.3, -0.25) is 4.99 Å². The molecule has 1 aromatic heterocycles. The zero-order valence-electron chi connectivity index (χ0n) is 24.9. The summed E-state index contributed by atoms with van der Waals surface area (Å²) in [6.45, 7) is 7.78. The number of carboxylic acids is 1. The minimum Gasteiger partial charge on any atom is -0.493 e.